The van der Waals surface area contributed by atoms with Gasteiger partial charge in [-0.15, -0.1) is 0 Å². The molecule has 1 fully saturated rings. The Morgan fingerprint density at radius 3 is 2.88 bits per heavy atom. The Kier molecular flexibility index (Phi) is 3.25. The number of rotatable bonds is 3. The first-order valence-electron chi connectivity index (χ1n) is 5.62. The van der Waals surface area contributed by atoms with Gasteiger partial charge >= 0.3 is 0 Å². The summed E-state index contributed by atoms with van der Waals surface area (Å²) >= 11 is 3.27. The molecule has 0 aliphatic heterocycles. The number of carbonyl (C=O) groups excluding carboxylic acids is 1. The van der Waals surface area contributed by atoms with Crippen LogP contribution in [0.4, 0.5) is 4.39 Å². The molecule has 0 spiro atoms. The molecule has 1 aromatic carbocycles. The van der Waals surface area contributed by atoms with E-state index in [1.807, 2.05) is 13.8 Å². The molecule has 0 heterocycles. The van der Waals surface area contributed by atoms with Crippen LogP contribution in [0.3, 0.4) is 0 Å². The van der Waals surface area contributed by atoms with Gasteiger partial charge in [0.1, 0.15) is 11.9 Å². The predicted octanol–water partition coefficient (Wildman–Crippen LogP) is 3.72. The SMILES string of the molecule is CCC1(C)C(=O)CC1Oc1cc(Br)ccc1F. The highest BCUT2D eigenvalue weighted by molar-refractivity contribution is 9.10. The molecule has 2 atom stereocenters. The number of ketones is 1. The number of Topliss-reactive ketones (excluding diaryl/α,β-unsaturated/α-hetero) is 1. The Morgan fingerprint density at radius 1 is 1.59 bits per heavy atom. The quantitative estimate of drug-likeness (QED) is 0.850. The molecule has 1 aliphatic rings. The van der Waals surface area contributed by atoms with Crippen molar-refractivity contribution < 1.29 is 13.9 Å². The number of halogens is 2. The van der Waals surface area contributed by atoms with Crippen LogP contribution in [-0.2, 0) is 4.79 Å². The lowest BCUT2D eigenvalue weighted by atomic mass is 9.64. The van der Waals surface area contributed by atoms with Crippen LogP contribution in [0, 0.1) is 11.2 Å². The van der Waals surface area contributed by atoms with E-state index >= 15 is 0 Å². The maximum absolute atomic E-state index is 13.5. The summed E-state index contributed by atoms with van der Waals surface area (Å²) in [6.07, 6.45) is 0.867. The Labute approximate surface area is 108 Å². The molecular formula is C13H14BrFO2. The smallest absolute Gasteiger partial charge is 0.165 e. The highest BCUT2D eigenvalue weighted by Crippen LogP contribution is 2.43. The van der Waals surface area contributed by atoms with E-state index in [4.69, 9.17) is 4.74 Å². The third kappa shape index (κ3) is 2.10. The summed E-state index contributed by atoms with van der Waals surface area (Å²) in [6.45, 7) is 3.82. The van der Waals surface area contributed by atoms with Crippen LogP contribution in [0.15, 0.2) is 22.7 Å². The molecule has 0 N–H and O–H groups in total. The second kappa shape index (κ2) is 4.41. The predicted molar refractivity (Wildman–Crippen MR) is 66.5 cm³/mol. The molecule has 92 valence electrons. The van der Waals surface area contributed by atoms with Crippen molar-refractivity contribution in [2.24, 2.45) is 5.41 Å². The van der Waals surface area contributed by atoms with Crippen molar-refractivity contribution in [2.75, 3.05) is 0 Å². The van der Waals surface area contributed by atoms with Gasteiger partial charge in [-0.1, -0.05) is 22.9 Å². The van der Waals surface area contributed by atoms with Gasteiger partial charge in [-0.05, 0) is 31.5 Å². The molecule has 2 nitrogen and oxygen atoms in total. The van der Waals surface area contributed by atoms with Crippen molar-refractivity contribution in [3.8, 4) is 5.75 Å². The zero-order valence-electron chi connectivity index (χ0n) is 9.80. The van der Waals surface area contributed by atoms with Crippen LogP contribution in [0.5, 0.6) is 5.75 Å². The lowest BCUT2D eigenvalue weighted by Gasteiger charge is -2.44. The van der Waals surface area contributed by atoms with E-state index < -0.39 is 11.2 Å². The maximum Gasteiger partial charge on any atom is 0.165 e. The fourth-order valence-electron chi connectivity index (χ4n) is 1.99. The molecule has 2 unspecified atom stereocenters. The fraction of sp³-hybridized carbons (Fsp3) is 0.462. The molecule has 0 amide bonds. The van der Waals surface area contributed by atoms with Crippen LogP contribution < -0.4 is 4.74 Å². The van der Waals surface area contributed by atoms with E-state index in [0.29, 0.717) is 12.8 Å². The van der Waals surface area contributed by atoms with Gasteiger partial charge in [0.25, 0.3) is 0 Å². The van der Waals surface area contributed by atoms with Crippen LogP contribution in [0.25, 0.3) is 0 Å². The summed E-state index contributed by atoms with van der Waals surface area (Å²) in [4.78, 5) is 11.6. The van der Waals surface area contributed by atoms with Crippen molar-refractivity contribution in [1.29, 1.82) is 0 Å². The second-order valence-corrected chi connectivity index (χ2v) is 5.50. The van der Waals surface area contributed by atoms with Crippen LogP contribution in [0.2, 0.25) is 0 Å². The highest BCUT2D eigenvalue weighted by atomic mass is 79.9. The lowest BCUT2D eigenvalue weighted by molar-refractivity contribution is -0.150. The van der Waals surface area contributed by atoms with Gasteiger partial charge in [-0.3, -0.25) is 4.79 Å². The minimum atomic E-state index is -0.464. The highest BCUT2D eigenvalue weighted by Gasteiger charge is 2.51. The van der Waals surface area contributed by atoms with Crippen molar-refractivity contribution >= 4 is 21.7 Å². The number of hydrogen-bond acceptors (Lipinski definition) is 2. The average molecular weight is 301 g/mol. The van der Waals surface area contributed by atoms with Crippen molar-refractivity contribution in [2.45, 2.75) is 32.8 Å². The first kappa shape index (κ1) is 12.6. The monoisotopic (exact) mass is 300 g/mol. The number of benzene rings is 1. The lowest BCUT2D eigenvalue weighted by Crippen LogP contribution is -2.54. The molecule has 1 saturated carbocycles. The van der Waals surface area contributed by atoms with Crippen LogP contribution in [-0.4, -0.2) is 11.9 Å². The first-order valence-corrected chi connectivity index (χ1v) is 6.41. The van der Waals surface area contributed by atoms with Gasteiger partial charge in [-0.2, -0.15) is 0 Å². The standard InChI is InChI=1S/C13H14BrFO2/c1-3-13(2)11(16)7-12(13)17-10-6-8(14)4-5-9(10)15/h4-6,12H,3,7H2,1-2H3. The van der Waals surface area contributed by atoms with E-state index in [1.165, 1.54) is 6.07 Å². The van der Waals surface area contributed by atoms with Crippen molar-refractivity contribution in [3.05, 3.63) is 28.5 Å². The summed E-state index contributed by atoms with van der Waals surface area (Å²) in [7, 11) is 0. The molecule has 0 aromatic heterocycles. The van der Waals surface area contributed by atoms with Gasteiger partial charge in [0, 0.05) is 10.9 Å². The molecule has 1 aliphatic carbocycles. The van der Waals surface area contributed by atoms with E-state index in [9.17, 15) is 9.18 Å². The van der Waals surface area contributed by atoms with E-state index in [1.54, 1.807) is 12.1 Å². The second-order valence-electron chi connectivity index (χ2n) is 4.58. The summed E-state index contributed by atoms with van der Waals surface area (Å²) in [5.41, 5.74) is -0.464. The number of carbonyl (C=O) groups is 1. The van der Waals surface area contributed by atoms with Crippen LogP contribution >= 0.6 is 15.9 Å². The van der Waals surface area contributed by atoms with E-state index in [2.05, 4.69) is 15.9 Å². The Balaban J connectivity index is 2.17. The third-order valence-corrected chi connectivity index (χ3v) is 4.11. The summed E-state index contributed by atoms with van der Waals surface area (Å²) in [5, 5.41) is 0. The Bertz CT molecular complexity index is 461. The molecule has 2 rings (SSSR count). The summed E-state index contributed by atoms with van der Waals surface area (Å²) in [6, 6.07) is 4.56. The number of hydrogen-bond donors (Lipinski definition) is 0. The fourth-order valence-corrected chi connectivity index (χ4v) is 2.33. The number of ether oxygens (including phenoxy) is 1. The summed E-state index contributed by atoms with van der Waals surface area (Å²) < 4.78 is 19.9. The molecule has 0 bridgehead atoms. The van der Waals surface area contributed by atoms with E-state index in [0.717, 1.165) is 4.47 Å². The molecular weight excluding hydrogens is 287 g/mol. The van der Waals surface area contributed by atoms with Gasteiger partial charge in [0.05, 0.1) is 5.41 Å². The minimum absolute atomic E-state index is 0.195. The topological polar surface area (TPSA) is 26.3 Å². The molecule has 0 saturated heterocycles. The van der Waals surface area contributed by atoms with E-state index in [-0.39, 0.29) is 17.6 Å². The Hall–Kier alpha value is -0.900. The van der Waals surface area contributed by atoms with Crippen LogP contribution in [0.1, 0.15) is 26.7 Å². The van der Waals surface area contributed by atoms with Gasteiger partial charge in [-0.25, -0.2) is 4.39 Å². The zero-order valence-corrected chi connectivity index (χ0v) is 11.4. The zero-order chi connectivity index (χ0) is 12.6. The minimum Gasteiger partial charge on any atom is -0.486 e. The average Bonchev–Trinajstić information content (AvgIpc) is 2.32. The summed E-state index contributed by atoms with van der Waals surface area (Å²) in [5.74, 6) is 0.00274. The molecule has 4 heteroatoms. The van der Waals surface area contributed by atoms with Gasteiger partial charge < -0.3 is 4.74 Å². The van der Waals surface area contributed by atoms with Gasteiger partial charge in [0.15, 0.2) is 11.6 Å². The first-order chi connectivity index (χ1) is 7.97. The maximum atomic E-state index is 13.5. The largest absolute Gasteiger partial charge is 0.486 e. The molecule has 17 heavy (non-hydrogen) atoms. The normalized spacial score (nSPS) is 27.8. The Morgan fingerprint density at radius 2 is 2.29 bits per heavy atom. The van der Waals surface area contributed by atoms with Crippen molar-refractivity contribution in [1.82, 2.24) is 0 Å². The third-order valence-electron chi connectivity index (χ3n) is 3.62. The van der Waals surface area contributed by atoms with Gasteiger partial charge in [0.2, 0.25) is 0 Å². The molecule has 0 radical (unpaired) electrons. The van der Waals surface area contributed by atoms with Crippen molar-refractivity contribution in [3.63, 3.8) is 0 Å². The molecule has 1 aromatic rings.